The van der Waals surface area contributed by atoms with Crippen LogP contribution in [0.5, 0.6) is 0 Å². The Kier molecular flexibility index (Phi) is 2.72. The molecule has 2 atom stereocenters. The Bertz CT molecular complexity index is 882. The molecule has 1 aromatic heterocycles. The van der Waals surface area contributed by atoms with E-state index < -0.39 is 11.6 Å². The number of hydrogen-bond donors (Lipinski definition) is 1. The largest absolute Gasteiger partial charge is 0.330 e. The molecular formula is C16H12F2N2S. The highest BCUT2D eigenvalue weighted by Gasteiger charge is 2.41. The Morgan fingerprint density at radius 1 is 1.10 bits per heavy atom. The molecule has 0 bridgehead atoms. The van der Waals surface area contributed by atoms with E-state index in [1.54, 1.807) is 4.57 Å². The highest BCUT2D eigenvalue weighted by atomic mass is 32.1. The van der Waals surface area contributed by atoms with Crippen molar-refractivity contribution >= 4 is 23.3 Å². The van der Waals surface area contributed by atoms with Crippen LogP contribution in [0.15, 0.2) is 42.5 Å². The normalized spacial score (nSPS) is 20.9. The molecule has 2 aromatic carbocycles. The number of nitrogens with zero attached hydrogens (tertiary/aromatic N) is 1. The quantitative estimate of drug-likeness (QED) is 0.680. The van der Waals surface area contributed by atoms with Crippen molar-refractivity contribution in [2.45, 2.75) is 18.4 Å². The molecule has 3 aromatic rings. The molecule has 1 saturated carbocycles. The first kappa shape index (κ1) is 12.7. The third-order valence-electron chi connectivity index (χ3n) is 4.09. The Balaban J connectivity index is 1.84. The number of rotatable bonds is 2. The first-order valence-electron chi connectivity index (χ1n) is 6.80. The Morgan fingerprint density at radius 3 is 2.62 bits per heavy atom. The number of hydrogen-bond acceptors (Lipinski definition) is 1. The average molecular weight is 302 g/mol. The number of halogens is 2. The van der Waals surface area contributed by atoms with E-state index in [4.69, 9.17) is 12.2 Å². The smallest absolute Gasteiger partial charge is 0.184 e. The van der Waals surface area contributed by atoms with Crippen molar-refractivity contribution in [3.8, 4) is 0 Å². The fourth-order valence-electron chi connectivity index (χ4n) is 3.00. The number of aromatic amines is 1. The summed E-state index contributed by atoms with van der Waals surface area (Å²) in [5.74, 6) is -1.37. The molecule has 1 aliphatic carbocycles. The summed E-state index contributed by atoms with van der Waals surface area (Å²) in [6.45, 7) is 0. The van der Waals surface area contributed by atoms with Gasteiger partial charge in [0.2, 0.25) is 0 Å². The summed E-state index contributed by atoms with van der Waals surface area (Å²) in [6, 6.07) is 12.8. The lowest BCUT2D eigenvalue weighted by Gasteiger charge is -2.05. The Morgan fingerprint density at radius 2 is 1.86 bits per heavy atom. The van der Waals surface area contributed by atoms with Gasteiger partial charge in [-0.05, 0) is 36.3 Å². The van der Waals surface area contributed by atoms with E-state index in [1.807, 2.05) is 18.2 Å². The average Bonchev–Trinajstić information content (AvgIpc) is 3.21. The van der Waals surface area contributed by atoms with Crippen LogP contribution in [0.25, 0.3) is 11.0 Å². The van der Waals surface area contributed by atoms with Gasteiger partial charge in [-0.3, -0.25) is 0 Å². The number of aromatic nitrogens is 2. The van der Waals surface area contributed by atoms with Crippen molar-refractivity contribution in [1.82, 2.24) is 9.55 Å². The van der Waals surface area contributed by atoms with E-state index in [-0.39, 0.29) is 11.6 Å². The van der Waals surface area contributed by atoms with Crippen LogP contribution in [0, 0.1) is 16.4 Å². The second-order valence-corrected chi connectivity index (χ2v) is 5.76. The van der Waals surface area contributed by atoms with Gasteiger partial charge in [0, 0.05) is 12.0 Å². The summed E-state index contributed by atoms with van der Waals surface area (Å²) in [6.07, 6.45) is 0.890. The van der Waals surface area contributed by atoms with Gasteiger partial charge in [-0.1, -0.05) is 30.3 Å². The summed E-state index contributed by atoms with van der Waals surface area (Å²) < 4.78 is 29.8. The van der Waals surface area contributed by atoms with Gasteiger partial charge >= 0.3 is 0 Å². The molecule has 2 nitrogen and oxygen atoms in total. The maximum atomic E-state index is 14.1. The molecule has 0 amide bonds. The van der Waals surface area contributed by atoms with Gasteiger partial charge in [-0.15, -0.1) is 0 Å². The first-order chi connectivity index (χ1) is 10.2. The topological polar surface area (TPSA) is 20.7 Å². The van der Waals surface area contributed by atoms with Crippen molar-refractivity contribution in [1.29, 1.82) is 0 Å². The van der Waals surface area contributed by atoms with Crippen LogP contribution in [0.2, 0.25) is 0 Å². The van der Waals surface area contributed by atoms with Crippen molar-refractivity contribution < 1.29 is 8.78 Å². The van der Waals surface area contributed by atoms with E-state index in [0.717, 1.165) is 12.5 Å². The van der Waals surface area contributed by atoms with E-state index >= 15 is 0 Å². The second kappa shape index (κ2) is 4.49. The molecule has 1 N–H and O–H groups in total. The summed E-state index contributed by atoms with van der Waals surface area (Å²) in [4.78, 5) is 2.96. The zero-order valence-electron chi connectivity index (χ0n) is 11.0. The predicted molar refractivity (Wildman–Crippen MR) is 79.9 cm³/mol. The number of nitrogens with one attached hydrogen (secondary N) is 1. The van der Waals surface area contributed by atoms with E-state index in [2.05, 4.69) is 17.1 Å². The minimum Gasteiger partial charge on any atom is -0.330 e. The molecule has 0 saturated heterocycles. The van der Waals surface area contributed by atoms with Gasteiger partial charge in [0.15, 0.2) is 16.4 Å². The van der Waals surface area contributed by atoms with Gasteiger partial charge < -0.3 is 9.55 Å². The molecule has 1 aliphatic rings. The molecule has 5 heteroatoms. The fourth-order valence-corrected chi connectivity index (χ4v) is 3.33. The lowest BCUT2D eigenvalue weighted by molar-refractivity contribution is 0.511. The highest BCUT2D eigenvalue weighted by Crippen LogP contribution is 2.52. The van der Waals surface area contributed by atoms with Crippen molar-refractivity contribution in [2.24, 2.45) is 0 Å². The monoisotopic (exact) mass is 302 g/mol. The maximum absolute atomic E-state index is 14.1. The lowest BCUT2D eigenvalue weighted by atomic mass is 10.1. The fraction of sp³-hybridized carbons (Fsp3) is 0.188. The van der Waals surface area contributed by atoms with E-state index in [9.17, 15) is 8.78 Å². The van der Waals surface area contributed by atoms with Gasteiger partial charge in [-0.25, -0.2) is 8.78 Å². The standard InChI is InChI=1S/C16H12F2N2S/c17-11-6-7-12-15(14(11)18)20(16(21)19-12)13-8-10(13)9-4-2-1-3-5-9/h1-7,10,13H,8H2,(H,19,21). The SMILES string of the molecule is Fc1ccc2[nH]c(=S)n(C3CC3c3ccccc3)c2c1F. The summed E-state index contributed by atoms with van der Waals surface area (Å²) in [7, 11) is 0. The van der Waals surface area contributed by atoms with Crippen LogP contribution >= 0.6 is 12.2 Å². The van der Waals surface area contributed by atoms with Gasteiger partial charge in [0.1, 0.15) is 5.52 Å². The molecule has 0 spiro atoms. The van der Waals surface area contributed by atoms with Crippen LogP contribution in [-0.4, -0.2) is 9.55 Å². The summed E-state index contributed by atoms with van der Waals surface area (Å²) >= 11 is 5.29. The lowest BCUT2D eigenvalue weighted by Crippen LogP contribution is -1.99. The number of imidazole rings is 1. The van der Waals surface area contributed by atoms with E-state index in [0.29, 0.717) is 16.2 Å². The molecule has 2 unspecified atom stereocenters. The molecular weight excluding hydrogens is 290 g/mol. The van der Waals surface area contributed by atoms with E-state index in [1.165, 1.54) is 11.6 Å². The van der Waals surface area contributed by atoms with Crippen molar-refractivity contribution in [2.75, 3.05) is 0 Å². The van der Waals surface area contributed by atoms with Crippen LogP contribution in [0.1, 0.15) is 23.9 Å². The van der Waals surface area contributed by atoms with Crippen molar-refractivity contribution in [3.63, 3.8) is 0 Å². The van der Waals surface area contributed by atoms with Crippen LogP contribution in [0.3, 0.4) is 0 Å². The molecule has 0 aliphatic heterocycles. The van der Waals surface area contributed by atoms with Gasteiger partial charge in [0.25, 0.3) is 0 Å². The Labute approximate surface area is 125 Å². The number of benzene rings is 2. The van der Waals surface area contributed by atoms with Gasteiger partial charge in [-0.2, -0.15) is 0 Å². The number of H-pyrrole nitrogens is 1. The zero-order chi connectivity index (χ0) is 14.6. The molecule has 0 radical (unpaired) electrons. The summed E-state index contributed by atoms with van der Waals surface area (Å²) in [5, 5.41) is 0. The van der Waals surface area contributed by atoms with Crippen LogP contribution < -0.4 is 0 Å². The molecule has 4 rings (SSSR count). The number of fused-ring (bicyclic) bond motifs is 1. The van der Waals surface area contributed by atoms with Crippen molar-refractivity contribution in [3.05, 3.63) is 64.4 Å². The summed E-state index contributed by atoms with van der Waals surface area (Å²) in [5.41, 5.74) is 1.98. The molecule has 1 fully saturated rings. The molecule has 21 heavy (non-hydrogen) atoms. The van der Waals surface area contributed by atoms with Crippen LogP contribution in [-0.2, 0) is 0 Å². The Hall–Kier alpha value is -2.01. The second-order valence-electron chi connectivity index (χ2n) is 5.38. The minimum absolute atomic E-state index is 0.0879. The highest BCUT2D eigenvalue weighted by molar-refractivity contribution is 7.71. The predicted octanol–water partition coefficient (Wildman–Crippen LogP) is 4.71. The first-order valence-corrected chi connectivity index (χ1v) is 7.21. The van der Waals surface area contributed by atoms with Crippen LogP contribution in [0.4, 0.5) is 8.78 Å². The maximum Gasteiger partial charge on any atom is 0.184 e. The third-order valence-corrected chi connectivity index (χ3v) is 4.39. The zero-order valence-corrected chi connectivity index (χ0v) is 11.8. The van der Waals surface area contributed by atoms with Gasteiger partial charge in [0.05, 0.1) is 5.52 Å². The molecule has 106 valence electrons. The minimum atomic E-state index is -0.845. The third kappa shape index (κ3) is 1.92. The molecule has 1 heterocycles.